The van der Waals surface area contributed by atoms with Gasteiger partial charge in [0.25, 0.3) is 10.0 Å². The van der Waals surface area contributed by atoms with E-state index in [0.717, 1.165) is 0 Å². The molecule has 0 spiro atoms. The molecule has 1 heterocycles. The third kappa shape index (κ3) is 4.09. The lowest BCUT2D eigenvalue weighted by atomic mass is 10.1. The second-order valence-corrected chi connectivity index (χ2v) is 7.80. The van der Waals surface area contributed by atoms with E-state index in [1.54, 1.807) is 38.1 Å². The summed E-state index contributed by atoms with van der Waals surface area (Å²) in [6, 6.07) is 12.5. The maximum Gasteiger partial charge on any atom is 0.263 e. The third-order valence-corrected chi connectivity index (χ3v) is 5.46. The predicted octanol–water partition coefficient (Wildman–Crippen LogP) is 4.20. The Morgan fingerprint density at radius 2 is 1.79 bits per heavy atom. The zero-order valence-corrected chi connectivity index (χ0v) is 16.1. The summed E-state index contributed by atoms with van der Waals surface area (Å²) >= 11 is 0. The number of nitrogens with two attached hydrogens (primary N) is 1. The highest BCUT2D eigenvalue weighted by Crippen LogP contribution is 2.35. The van der Waals surface area contributed by atoms with E-state index in [-0.39, 0.29) is 16.5 Å². The number of aromatic nitrogens is 1. The Labute approximate surface area is 162 Å². The molecule has 2 aromatic carbocycles. The Kier molecular flexibility index (Phi) is 5.27. The van der Waals surface area contributed by atoms with Gasteiger partial charge in [-0.3, -0.25) is 4.72 Å². The molecule has 0 atom stereocenters. The zero-order chi connectivity index (χ0) is 20.3. The van der Waals surface area contributed by atoms with Crippen molar-refractivity contribution in [2.75, 3.05) is 10.5 Å². The van der Waals surface area contributed by atoms with Crippen molar-refractivity contribution in [2.45, 2.75) is 18.7 Å². The molecule has 0 unspecified atom stereocenters. The van der Waals surface area contributed by atoms with Crippen molar-refractivity contribution in [3.8, 4) is 5.75 Å². The van der Waals surface area contributed by atoms with Crippen LogP contribution in [0, 0.1) is 13.8 Å². The summed E-state index contributed by atoms with van der Waals surface area (Å²) in [5.41, 5.74) is 8.37. The lowest BCUT2D eigenvalue weighted by molar-refractivity contribution is 0.467. The fourth-order valence-electron chi connectivity index (χ4n) is 2.47. The number of azo groups is 1. The molecule has 0 bridgehead atoms. The van der Waals surface area contributed by atoms with Crippen molar-refractivity contribution in [1.82, 2.24) is 4.98 Å². The van der Waals surface area contributed by atoms with Gasteiger partial charge in [-0.05, 0) is 61.9 Å². The van der Waals surface area contributed by atoms with Gasteiger partial charge in [-0.15, -0.1) is 5.11 Å². The monoisotopic (exact) mass is 397 g/mol. The van der Waals surface area contributed by atoms with Gasteiger partial charge in [-0.2, -0.15) is 5.11 Å². The number of anilines is 2. The third-order valence-electron chi connectivity index (χ3n) is 4.09. The van der Waals surface area contributed by atoms with E-state index in [1.807, 2.05) is 0 Å². The number of hydrogen-bond donors (Lipinski definition) is 3. The molecule has 0 fully saturated rings. The summed E-state index contributed by atoms with van der Waals surface area (Å²) in [5.74, 6) is 0.367. The van der Waals surface area contributed by atoms with Crippen LogP contribution in [-0.2, 0) is 10.0 Å². The summed E-state index contributed by atoms with van der Waals surface area (Å²) in [7, 11) is -3.75. The van der Waals surface area contributed by atoms with Crippen LogP contribution in [0.1, 0.15) is 11.1 Å². The average molecular weight is 397 g/mol. The van der Waals surface area contributed by atoms with Crippen molar-refractivity contribution in [3.05, 3.63) is 65.9 Å². The molecular weight excluding hydrogens is 378 g/mol. The molecule has 0 saturated carbocycles. The van der Waals surface area contributed by atoms with Gasteiger partial charge in [-0.1, -0.05) is 6.07 Å². The number of phenols is 1. The summed E-state index contributed by atoms with van der Waals surface area (Å²) in [6.07, 6.45) is 1.50. The molecule has 0 aliphatic carbocycles. The van der Waals surface area contributed by atoms with Crippen molar-refractivity contribution >= 4 is 32.9 Å². The SMILES string of the molecule is Cc1cc(/N=N/c2ccc(S(=O)(=O)Nc3ccccn3)cc2)c(N)c(C)c1O. The molecular formula is C19H19N5O3S. The van der Waals surface area contributed by atoms with Gasteiger partial charge in [0.1, 0.15) is 17.3 Å². The highest BCUT2D eigenvalue weighted by molar-refractivity contribution is 7.92. The Bertz CT molecular complexity index is 1130. The van der Waals surface area contributed by atoms with Crippen LogP contribution >= 0.6 is 0 Å². The number of nitrogens with one attached hydrogen (secondary N) is 1. The van der Waals surface area contributed by atoms with Crippen molar-refractivity contribution in [1.29, 1.82) is 0 Å². The van der Waals surface area contributed by atoms with E-state index in [4.69, 9.17) is 5.73 Å². The Balaban J connectivity index is 1.81. The van der Waals surface area contributed by atoms with Crippen molar-refractivity contribution < 1.29 is 13.5 Å². The van der Waals surface area contributed by atoms with Gasteiger partial charge in [0.05, 0.1) is 16.3 Å². The van der Waals surface area contributed by atoms with Gasteiger partial charge in [0.2, 0.25) is 0 Å². The smallest absolute Gasteiger partial charge is 0.263 e. The average Bonchev–Trinajstić information content (AvgIpc) is 2.69. The van der Waals surface area contributed by atoms with E-state index in [9.17, 15) is 13.5 Å². The van der Waals surface area contributed by atoms with Gasteiger partial charge in [0.15, 0.2) is 0 Å². The maximum atomic E-state index is 12.4. The first-order chi connectivity index (χ1) is 13.3. The number of nitrogens with zero attached hydrogens (tertiary/aromatic N) is 3. The van der Waals surface area contributed by atoms with E-state index < -0.39 is 10.0 Å². The molecule has 1 aromatic heterocycles. The second kappa shape index (κ2) is 7.65. The molecule has 144 valence electrons. The number of phenolic OH excluding ortho intramolecular Hbond substituents is 1. The van der Waals surface area contributed by atoms with Gasteiger partial charge in [-0.25, -0.2) is 13.4 Å². The van der Waals surface area contributed by atoms with Crippen LogP contribution < -0.4 is 10.5 Å². The fourth-order valence-corrected chi connectivity index (χ4v) is 3.48. The van der Waals surface area contributed by atoms with E-state index in [1.165, 1.54) is 30.5 Å². The number of pyridine rings is 1. The molecule has 8 nitrogen and oxygen atoms in total. The first kappa shape index (κ1) is 19.3. The number of hydrogen-bond acceptors (Lipinski definition) is 7. The zero-order valence-electron chi connectivity index (χ0n) is 15.3. The van der Waals surface area contributed by atoms with Crippen molar-refractivity contribution in [2.24, 2.45) is 10.2 Å². The normalized spacial score (nSPS) is 11.6. The Morgan fingerprint density at radius 1 is 1.07 bits per heavy atom. The van der Waals surface area contributed by atoms with Gasteiger partial charge < -0.3 is 10.8 Å². The largest absolute Gasteiger partial charge is 0.507 e. The molecule has 28 heavy (non-hydrogen) atoms. The molecule has 0 radical (unpaired) electrons. The Morgan fingerprint density at radius 3 is 2.43 bits per heavy atom. The van der Waals surface area contributed by atoms with Crippen LogP contribution in [0.2, 0.25) is 0 Å². The minimum absolute atomic E-state index is 0.0768. The van der Waals surface area contributed by atoms with Crippen molar-refractivity contribution in [3.63, 3.8) is 0 Å². The number of sulfonamides is 1. The number of nitrogen functional groups attached to an aromatic ring is 1. The standard InChI is InChI=1S/C19H19N5O3S/c1-12-11-16(18(20)13(2)19(12)25)23-22-14-6-8-15(9-7-14)28(26,27)24-17-5-3-4-10-21-17/h3-11,25H,20H2,1-2H3,(H,21,24)/b23-22+. The summed E-state index contributed by atoms with van der Waals surface area (Å²) in [4.78, 5) is 4.02. The highest BCUT2D eigenvalue weighted by Gasteiger charge is 2.14. The van der Waals surface area contributed by atoms with Crippen LogP contribution in [0.25, 0.3) is 0 Å². The molecule has 3 aromatic rings. The maximum absolute atomic E-state index is 12.4. The van der Waals surface area contributed by atoms with Crippen LogP contribution in [0.5, 0.6) is 5.75 Å². The summed E-state index contributed by atoms with van der Waals surface area (Å²) in [6.45, 7) is 3.44. The minimum Gasteiger partial charge on any atom is -0.507 e. The van der Waals surface area contributed by atoms with Crippen LogP contribution in [-0.4, -0.2) is 18.5 Å². The minimum atomic E-state index is -3.75. The highest BCUT2D eigenvalue weighted by atomic mass is 32.2. The van der Waals surface area contributed by atoms with E-state index >= 15 is 0 Å². The molecule has 0 saturated heterocycles. The van der Waals surface area contributed by atoms with Gasteiger partial charge >= 0.3 is 0 Å². The predicted molar refractivity (Wildman–Crippen MR) is 108 cm³/mol. The lowest BCUT2D eigenvalue weighted by Gasteiger charge is -2.09. The van der Waals surface area contributed by atoms with Crippen LogP contribution in [0.4, 0.5) is 22.9 Å². The lowest BCUT2D eigenvalue weighted by Crippen LogP contribution is -2.13. The quantitative estimate of drug-likeness (QED) is 0.439. The molecule has 4 N–H and O–H groups in total. The topological polar surface area (TPSA) is 130 Å². The number of benzene rings is 2. The Hall–Kier alpha value is -3.46. The number of rotatable bonds is 5. The molecule has 0 aliphatic heterocycles. The van der Waals surface area contributed by atoms with Gasteiger partial charge in [0, 0.05) is 11.8 Å². The number of aryl methyl sites for hydroxylation is 1. The molecule has 9 heteroatoms. The van der Waals surface area contributed by atoms with E-state index in [0.29, 0.717) is 28.2 Å². The number of aromatic hydroxyl groups is 1. The molecule has 3 rings (SSSR count). The van der Waals surface area contributed by atoms with Crippen LogP contribution in [0.3, 0.4) is 0 Å². The first-order valence-electron chi connectivity index (χ1n) is 8.32. The fraction of sp³-hybridized carbons (Fsp3) is 0.105. The summed E-state index contributed by atoms with van der Waals surface area (Å²) in [5, 5.41) is 18.1. The van der Waals surface area contributed by atoms with Crippen LogP contribution in [0.15, 0.2) is 69.9 Å². The first-order valence-corrected chi connectivity index (χ1v) is 9.80. The summed E-state index contributed by atoms with van der Waals surface area (Å²) < 4.78 is 27.2. The molecule has 0 aliphatic rings. The molecule has 0 amide bonds. The van der Waals surface area contributed by atoms with E-state index in [2.05, 4.69) is 19.9 Å². The second-order valence-electron chi connectivity index (χ2n) is 6.11.